The fraction of sp³-hybridized carbons (Fsp3) is 0.458. The predicted octanol–water partition coefficient (Wildman–Crippen LogP) is 3.15. The van der Waals surface area contributed by atoms with E-state index < -0.39 is 0 Å². The van der Waals surface area contributed by atoms with E-state index in [1.165, 1.54) is 5.69 Å². The van der Waals surface area contributed by atoms with Gasteiger partial charge in [-0.1, -0.05) is 18.2 Å². The molecule has 3 aliphatic rings. The molecule has 3 heterocycles. The molecule has 0 saturated carbocycles. The van der Waals surface area contributed by atoms with E-state index in [1.54, 1.807) is 0 Å². The third-order valence-electron chi connectivity index (χ3n) is 6.54. The molecule has 0 aromatic heterocycles. The lowest BCUT2D eigenvalue weighted by Gasteiger charge is -2.44. The molecule has 1 amide bonds. The lowest BCUT2D eigenvalue weighted by Crippen LogP contribution is -2.50. The molecule has 3 aliphatic heterocycles. The number of carbonyl (C=O) groups excluding carboxylic acids is 1. The molecule has 1 spiro atoms. The predicted molar refractivity (Wildman–Crippen MR) is 117 cm³/mol. The molecule has 0 aliphatic carbocycles. The zero-order valence-corrected chi connectivity index (χ0v) is 17.2. The molecule has 158 valence electrons. The summed E-state index contributed by atoms with van der Waals surface area (Å²) in [5, 5.41) is 6.56. The Bertz CT molecular complexity index is 887. The Morgan fingerprint density at radius 3 is 2.53 bits per heavy atom. The summed E-state index contributed by atoms with van der Waals surface area (Å²) < 4.78 is 11.9. The topological polar surface area (TPSA) is 62.8 Å². The van der Waals surface area contributed by atoms with E-state index in [1.807, 2.05) is 36.4 Å². The van der Waals surface area contributed by atoms with Gasteiger partial charge in [0.1, 0.15) is 11.4 Å². The summed E-state index contributed by atoms with van der Waals surface area (Å²) in [6, 6.07) is 16.1. The highest BCUT2D eigenvalue weighted by Gasteiger charge is 2.44. The van der Waals surface area contributed by atoms with Gasteiger partial charge in [-0.25, -0.2) is 0 Å². The Morgan fingerprint density at radius 1 is 1.03 bits per heavy atom. The van der Waals surface area contributed by atoms with Crippen LogP contribution in [0.25, 0.3) is 0 Å². The van der Waals surface area contributed by atoms with Crippen LogP contribution in [0, 0.1) is 0 Å². The molecule has 0 radical (unpaired) electrons. The van der Waals surface area contributed by atoms with Crippen LogP contribution in [0.4, 0.5) is 11.4 Å². The second-order valence-corrected chi connectivity index (χ2v) is 8.47. The minimum absolute atomic E-state index is 0.0442. The van der Waals surface area contributed by atoms with Gasteiger partial charge in [0.15, 0.2) is 0 Å². The average Bonchev–Trinajstić information content (AvgIpc) is 2.80. The van der Waals surface area contributed by atoms with E-state index in [0.29, 0.717) is 0 Å². The minimum atomic E-state index is -0.248. The number of benzene rings is 2. The fourth-order valence-corrected chi connectivity index (χ4v) is 4.85. The van der Waals surface area contributed by atoms with E-state index in [2.05, 4.69) is 27.7 Å². The maximum Gasteiger partial charge on any atom is 0.232 e. The van der Waals surface area contributed by atoms with Crippen molar-refractivity contribution < 1.29 is 14.3 Å². The third-order valence-corrected chi connectivity index (χ3v) is 6.54. The number of hydrogen-bond donors (Lipinski definition) is 2. The van der Waals surface area contributed by atoms with Crippen LogP contribution >= 0.6 is 0 Å². The molecule has 5 rings (SSSR count). The number of hydrogen-bond acceptors (Lipinski definition) is 5. The van der Waals surface area contributed by atoms with Crippen LogP contribution in [0.1, 0.15) is 30.7 Å². The van der Waals surface area contributed by atoms with Crippen LogP contribution in [0.15, 0.2) is 48.5 Å². The number of fused-ring (bicyclic) bond motifs is 1. The molecule has 6 heteroatoms. The monoisotopic (exact) mass is 407 g/mol. The molecule has 2 aromatic rings. The maximum absolute atomic E-state index is 13.3. The summed E-state index contributed by atoms with van der Waals surface area (Å²) in [6.07, 6.45) is 2.59. The summed E-state index contributed by atoms with van der Waals surface area (Å²) in [5.74, 6) is 0.697. The highest BCUT2D eigenvalue weighted by Crippen LogP contribution is 2.44. The van der Waals surface area contributed by atoms with Crippen molar-refractivity contribution in [3.8, 4) is 5.75 Å². The molecular weight excluding hydrogens is 378 g/mol. The van der Waals surface area contributed by atoms with Gasteiger partial charge in [0.25, 0.3) is 0 Å². The third kappa shape index (κ3) is 3.89. The first-order chi connectivity index (χ1) is 14.7. The molecule has 2 N–H and O–H groups in total. The van der Waals surface area contributed by atoms with Gasteiger partial charge in [-0.15, -0.1) is 0 Å². The van der Waals surface area contributed by atoms with E-state index in [0.717, 1.165) is 75.7 Å². The fourth-order valence-electron chi connectivity index (χ4n) is 4.85. The SMILES string of the molecule is O=C(Nc1ccc(N2CCOCC2)cc1)C1CC2(CCNCC2)Oc2ccccc21. The first-order valence-electron chi connectivity index (χ1n) is 10.9. The first-order valence-corrected chi connectivity index (χ1v) is 10.9. The lowest BCUT2D eigenvalue weighted by molar-refractivity contribution is -0.120. The Hall–Kier alpha value is -2.57. The Kier molecular flexibility index (Phi) is 5.35. The highest BCUT2D eigenvalue weighted by molar-refractivity contribution is 5.96. The lowest BCUT2D eigenvalue weighted by atomic mass is 9.77. The van der Waals surface area contributed by atoms with Crippen LogP contribution in [-0.2, 0) is 9.53 Å². The molecule has 2 saturated heterocycles. The van der Waals surface area contributed by atoms with Crippen LogP contribution in [-0.4, -0.2) is 50.9 Å². The molecular formula is C24H29N3O3. The molecule has 30 heavy (non-hydrogen) atoms. The number of nitrogens with zero attached hydrogens (tertiary/aromatic N) is 1. The Labute approximate surface area is 177 Å². The van der Waals surface area contributed by atoms with Crippen molar-refractivity contribution in [3.63, 3.8) is 0 Å². The quantitative estimate of drug-likeness (QED) is 0.819. The second-order valence-electron chi connectivity index (χ2n) is 8.47. The smallest absolute Gasteiger partial charge is 0.232 e. The van der Waals surface area contributed by atoms with Gasteiger partial charge in [-0.2, -0.15) is 0 Å². The summed E-state index contributed by atoms with van der Waals surface area (Å²) >= 11 is 0. The van der Waals surface area contributed by atoms with E-state index >= 15 is 0 Å². The number of morpholine rings is 1. The number of carbonyl (C=O) groups is 1. The van der Waals surface area contributed by atoms with E-state index in [9.17, 15) is 4.79 Å². The summed E-state index contributed by atoms with van der Waals surface area (Å²) in [6.45, 7) is 5.19. The van der Waals surface area contributed by atoms with Crippen LogP contribution in [0.3, 0.4) is 0 Å². The van der Waals surface area contributed by atoms with Crippen LogP contribution in [0.2, 0.25) is 0 Å². The van der Waals surface area contributed by atoms with Crippen molar-refractivity contribution in [2.45, 2.75) is 30.8 Å². The van der Waals surface area contributed by atoms with Gasteiger partial charge in [-0.3, -0.25) is 4.79 Å². The normalized spacial score (nSPS) is 22.8. The summed E-state index contributed by atoms with van der Waals surface area (Å²) in [4.78, 5) is 15.6. The van der Waals surface area contributed by atoms with Gasteiger partial charge in [0, 0.05) is 36.4 Å². The van der Waals surface area contributed by atoms with Crippen molar-refractivity contribution in [2.75, 3.05) is 49.6 Å². The molecule has 2 fully saturated rings. The van der Waals surface area contributed by atoms with Gasteiger partial charge in [0.2, 0.25) is 5.91 Å². The van der Waals surface area contributed by atoms with Gasteiger partial charge < -0.3 is 25.0 Å². The average molecular weight is 408 g/mol. The summed E-state index contributed by atoms with van der Waals surface area (Å²) in [7, 11) is 0. The zero-order valence-electron chi connectivity index (χ0n) is 17.2. The number of anilines is 2. The summed E-state index contributed by atoms with van der Waals surface area (Å²) in [5.41, 5.74) is 2.74. The molecule has 1 atom stereocenters. The Balaban J connectivity index is 1.33. The van der Waals surface area contributed by atoms with Crippen LogP contribution < -0.4 is 20.3 Å². The van der Waals surface area contributed by atoms with Gasteiger partial charge in [0.05, 0.1) is 19.1 Å². The number of rotatable bonds is 3. The standard InChI is InChI=1S/C24H29N3O3/c28-23(26-18-5-7-19(8-6-18)27-13-15-29-16-14-27)21-17-24(9-11-25-12-10-24)30-22-4-2-1-3-20(21)22/h1-8,21,25H,9-17H2,(H,26,28). The number of nitrogens with one attached hydrogen (secondary N) is 2. The first kappa shape index (κ1) is 19.4. The number of para-hydroxylation sites is 1. The largest absolute Gasteiger partial charge is 0.487 e. The van der Waals surface area contributed by atoms with Gasteiger partial charge >= 0.3 is 0 Å². The number of ether oxygens (including phenoxy) is 2. The van der Waals surface area contributed by atoms with Crippen molar-refractivity contribution in [1.82, 2.24) is 5.32 Å². The zero-order chi connectivity index (χ0) is 20.4. The van der Waals surface area contributed by atoms with Crippen molar-refractivity contribution in [1.29, 1.82) is 0 Å². The van der Waals surface area contributed by atoms with Crippen molar-refractivity contribution in [2.24, 2.45) is 0 Å². The van der Waals surface area contributed by atoms with Crippen molar-refractivity contribution in [3.05, 3.63) is 54.1 Å². The highest BCUT2D eigenvalue weighted by atomic mass is 16.5. The van der Waals surface area contributed by atoms with Gasteiger partial charge in [-0.05, 0) is 56.3 Å². The van der Waals surface area contributed by atoms with Crippen molar-refractivity contribution >= 4 is 17.3 Å². The minimum Gasteiger partial charge on any atom is -0.487 e. The Morgan fingerprint density at radius 2 is 1.77 bits per heavy atom. The van der Waals surface area contributed by atoms with E-state index in [4.69, 9.17) is 9.47 Å². The molecule has 2 aromatic carbocycles. The molecule has 0 bridgehead atoms. The maximum atomic E-state index is 13.3. The number of piperidine rings is 1. The molecule has 1 unspecified atom stereocenters. The molecule has 6 nitrogen and oxygen atoms in total. The van der Waals surface area contributed by atoms with E-state index in [-0.39, 0.29) is 17.4 Å². The second kappa shape index (κ2) is 8.28. The van der Waals surface area contributed by atoms with Crippen LogP contribution in [0.5, 0.6) is 5.75 Å². The number of amides is 1.